The van der Waals surface area contributed by atoms with Crippen LogP contribution in [0.5, 0.6) is 5.75 Å². The number of aromatic nitrogens is 2. The van der Waals surface area contributed by atoms with E-state index in [1.165, 1.54) is 28.6 Å². The van der Waals surface area contributed by atoms with E-state index in [4.69, 9.17) is 9.72 Å². The first-order valence-electron chi connectivity index (χ1n) is 9.92. The van der Waals surface area contributed by atoms with Crippen LogP contribution in [0.15, 0.2) is 48.7 Å². The highest BCUT2D eigenvalue weighted by Gasteiger charge is 2.11. The molecule has 0 aliphatic carbocycles. The van der Waals surface area contributed by atoms with Gasteiger partial charge in [-0.3, -0.25) is 4.40 Å². The third-order valence-corrected chi connectivity index (χ3v) is 5.91. The van der Waals surface area contributed by atoms with E-state index in [2.05, 4.69) is 54.8 Å². The molecule has 2 aromatic carbocycles. The monoisotopic (exact) mass is 378 g/mol. The molecule has 0 radical (unpaired) electrons. The van der Waals surface area contributed by atoms with Gasteiger partial charge in [0.05, 0.1) is 22.5 Å². The molecule has 0 saturated heterocycles. The van der Waals surface area contributed by atoms with E-state index in [9.17, 15) is 0 Å². The predicted octanol–water partition coefficient (Wildman–Crippen LogP) is 6.74. The van der Waals surface area contributed by atoms with E-state index in [1.807, 2.05) is 12.1 Å². The molecule has 0 N–H and O–H groups in total. The summed E-state index contributed by atoms with van der Waals surface area (Å²) in [6, 6.07) is 15.1. The van der Waals surface area contributed by atoms with Gasteiger partial charge in [-0.15, -0.1) is 0 Å². The molecule has 140 valence electrons. The average molecular weight is 379 g/mol. The van der Waals surface area contributed by atoms with Gasteiger partial charge in [0.25, 0.3) is 0 Å². The van der Waals surface area contributed by atoms with Crippen molar-refractivity contribution in [3.05, 3.63) is 54.2 Å². The Bertz CT molecular complexity index is 1030. The number of benzene rings is 2. The maximum atomic E-state index is 5.75. The number of hydrogen-bond donors (Lipinski definition) is 0. The van der Waals surface area contributed by atoms with E-state index < -0.39 is 0 Å². The van der Waals surface area contributed by atoms with Crippen molar-refractivity contribution in [2.75, 3.05) is 6.61 Å². The first kappa shape index (κ1) is 18.1. The van der Waals surface area contributed by atoms with Crippen molar-refractivity contribution in [3.63, 3.8) is 0 Å². The molecule has 0 saturated carbocycles. The maximum Gasteiger partial charge on any atom is 0.195 e. The van der Waals surface area contributed by atoms with Crippen LogP contribution in [0.25, 0.3) is 26.4 Å². The van der Waals surface area contributed by atoms with Gasteiger partial charge in [0, 0.05) is 11.8 Å². The summed E-state index contributed by atoms with van der Waals surface area (Å²) in [6.07, 6.45) is 8.02. The number of nitrogens with zero attached hydrogens (tertiary/aromatic N) is 2. The number of aryl methyl sites for hydroxylation is 1. The molecule has 4 rings (SSSR count). The maximum absolute atomic E-state index is 5.75. The van der Waals surface area contributed by atoms with Gasteiger partial charge in [-0.2, -0.15) is 0 Å². The quantitative estimate of drug-likeness (QED) is 0.317. The third kappa shape index (κ3) is 3.86. The standard InChI is InChI=1S/C23H26N2OS/c1-3-5-7-17-8-13-21-22(15-17)27-23-24-20(16-25(21)23)18-9-11-19(12-10-18)26-14-6-4-2/h8-13,15-16H,3-7,14H2,1-2H3. The molecule has 27 heavy (non-hydrogen) atoms. The second-order valence-electron chi connectivity index (χ2n) is 7.01. The van der Waals surface area contributed by atoms with Gasteiger partial charge in [0.15, 0.2) is 4.96 Å². The van der Waals surface area contributed by atoms with Gasteiger partial charge in [-0.25, -0.2) is 4.98 Å². The number of hydrogen-bond acceptors (Lipinski definition) is 3. The lowest BCUT2D eigenvalue weighted by Gasteiger charge is -2.05. The van der Waals surface area contributed by atoms with Crippen LogP contribution in [0.2, 0.25) is 0 Å². The summed E-state index contributed by atoms with van der Waals surface area (Å²) in [7, 11) is 0. The predicted molar refractivity (Wildman–Crippen MR) is 115 cm³/mol. The second-order valence-corrected chi connectivity index (χ2v) is 8.02. The highest BCUT2D eigenvalue weighted by Crippen LogP contribution is 2.31. The molecule has 0 atom stereocenters. The molecule has 0 bridgehead atoms. The van der Waals surface area contributed by atoms with Gasteiger partial charge >= 0.3 is 0 Å². The molecule has 0 aliphatic heterocycles. The van der Waals surface area contributed by atoms with Crippen LogP contribution in [-0.2, 0) is 6.42 Å². The first-order chi connectivity index (χ1) is 13.3. The number of rotatable bonds is 8. The summed E-state index contributed by atoms with van der Waals surface area (Å²) in [4.78, 5) is 5.91. The fraction of sp³-hybridized carbons (Fsp3) is 0.348. The Morgan fingerprint density at radius 2 is 1.81 bits per heavy atom. The summed E-state index contributed by atoms with van der Waals surface area (Å²) in [6.45, 7) is 5.19. The molecule has 0 fully saturated rings. The van der Waals surface area contributed by atoms with Crippen molar-refractivity contribution in [3.8, 4) is 17.0 Å². The smallest absolute Gasteiger partial charge is 0.195 e. The Morgan fingerprint density at radius 3 is 2.59 bits per heavy atom. The lowest BCUT2D eigenvalue weighted by Crippen LogP contribution is -1.95. The van der Waals surface area contributed by atoms with E-state index in [0.29, 0.717) is 0 Å². The SMILES string of the molecule is CCCCOc1ccc(-c2cn3c(n2)sc2cc(CCCC)ccc23)cc1. The lowest BCUT2D eigenvalue weighted by atomic mass is 10.1. The zero-order valence-corrected chi connectivity index (χ0v) is 16.9. The Kier molecular flexibility index (Phi) is 5.44. The minimum absolute atomic E-state index is 0.780. The number of unbranched alkanes of at least 4 members (excludes halogenated alkanes) is 2. The summed E-state index contributed by atoms with van der Waals surface area (Å²) >= 11 is 1.77. The molecule has 0 aliphatic rings. The number of ether oxygens (including phenoxy) is 1. The van der Waals surface area contributed by atoms with Gasteiger partial charge in [-0.05, 0) is 61.2 Å². The van der Waals surface area contributed by atoms with E-state index in [1.54, 1.807) is 11.3 Å². The van der Waals surface area contributed by atoms with E-state index in [-0.39, 0.29) is 0 Å². The summed E-state index contributed by atoms with van der Waals surface area (Å²) < 4.78 is 9.28. The van der Waals surface area contributed by atoms with Crippen LogP contribution >= 0.6 is 11.3 Å². The molecule has 0 unspecified atom stereocenters. The minimum atomic E-state index is 0.780. The molecular weight excluding hydrogens is 352 g/mol. The van der Waals surface area contributed by atoms with E-state index >= 15 is 0 Å². The number of fused-ring (bicyclic) bond motifs is 3. The average Bonchev–Trinajstić information content (AvgIpc) is 3.24. The van der Waals surface area contributed by atoms with Crippen molar-refractivity contribution in [1.82, 2.24) is 9.38 Å². The zero-order chi connectivity index (χ0) is 18.6. The highest BCUT2D eigenvalue weighted by molar-refractivity contribution is 7.23. The van der Waals surface area contributed by atoms with Crippen LogP contribution in [0, 0.1) is 0 Å². The third-order valence-electron chi connectivity index (χ3n) is 4.89. The molecule has 3 nitrogen and oxygen atoms in total. The molecule has 4 aromatic rings. The Hall–Kier alpha value is -2.33. The Morgan fingerprint density at radius 1 is 1.00 bits per heavy atom. The minimum Gasteiger partial charge on any atom is -0.494 e. The van der Waals surface area contributed by atoms with Crippen LogP contribution < -0.4 is 4.74 Å². The van der Waals surface area contributed by atoms with Gasteiger partial charge in [0.2, 0.25) is 0 Å². The van der Waals surface area contributed by atoms with Crippen LogP contribution in [-0.4, -0.2) is 16.0 Å². The topological polar surface area (TPSA) is 26.5 Å². The van der Waals surface area contributed by atoms with Crippen molar-refractivity contribution >= 4 is 26.5 Å². The van der Waals surface area contributed by atoms with Crippen molar-refractivity contribution in [2.24, 2.45) is 0 Å². The summed E-state index contributed by atoms with van der Waals surface area (Å²) in [5.41, 5.74) is 4.81. The van der Waals surface area contributed by atoms with Crippen molar-refractivity contribution in [2.45, 2.75) is 46.0 Å². The number of imidazole rings is 1. The number of thiazole rings is 1. The van der Waals surface area contributed by atoms with Crippen LogP contribution in [0.3, 0.4) is 0 Å². The summed E-state index contributed by atoms with van der Waals surface area (Å²) in [5.74, 6) is 0.929. The Balaban J connectivity index is 1.58. The molecule has 4 heteroatoms. The van der Waals surface area contributed by atoms with Crippen molar-refractivity contribution < 1.29 is 4.74 Å². The normalized spacial score (nSPS) is 11.5. The lowest BCUT2D eigenvalue weighted by molar-refractivity contribution is 0.309. The zero-order valence-electron chi connectivity index (χ0n) is 16.1. The first-order valence-corrected chi connectivity index (χ1v) is 10.7. The van der Waals surface area contributed by atoms with E-state index in [0.717, 1.165) is 47.8 Å². The van der Waals surface area contributed by atoms with Gasteiger partial charge < -0.3 is 4.74 Å². The fourth-order valence-corrected chi connectivity index (χ4v) is 4.35. The fourth-order valence-electron chi connectivity index (χ4n) is 3.28. The molecule has 2 heterocycles. The van der Waals surface area contributed by atoms with Gasteiger partial charge in [-0.1, -0.05) is 44.1 Å². The largest absolute Gasteiger partial charge is 0.494 e. The Labute approximate surface area is 164 Å². The van der Waals surface area contributed by atoms with Gasteiger partial charge in [0.1, 0.15) is 5.75 Å². The highest BCUT2D eigenvalue weighted by atomic mass is 32.1. The molecule has 2 aromatic heterocycles. The van der Waals surface area contributed by atoms with Crippen LogP contribution in [0.4, 0.5) is 0 Å². The summed E-state index contributed by atoms with van der Waals surface area (Å²) in [5, 5.41) is 0. The van der Waals surface area contributed by atoms with Crippen molar-refractivity contribution in [1.29, 1.82) is 0 Å². The second kappa shape index (κ2) is 8.13. The molecule has 0 amide bonds. The molecule has 0 spiro atoms. The molecular formula is C23H26N2OS. The van der Waals surface area contributed by atoms with Crippen LogP contribution in [0.1, 0.15) is 45.1 Å².